The van der Waals surface area contributed by atoms with Gasteiger partial charge in [0.2, 0.25) is 0 Å². The van der Waals surface area contributed by atoms with Crippen molar-refractivity contribution in [2.24, 2.45) is 7.05 Å². The highest BCUT2D eigenvalue weighted by Gasteiger charge is 2.19. The lowest BCUT2D eigenvalue weighted by molar-refractivity contribution is 0.732. The van der Waals surface area contributed by atoms with E-state index in [1.807, 2.05) is 18.7 Å². The third kappa shape index (κ3) is 0.948. The third-order valence-electron chi connectivity index (χ3n) is 2.19. The quantitative estimate of drug-likeness (QED) is 0.603. The van der Waals surface area contributed by atoms with Crippen LogP contribution in [0.2, 0.25) is 0 Å². The predicted molar refractivity (Wildman–Crippen MR) is 49.5 cm³/mol. The molecule has 4 nitrogen and oxygen atoms in total. The summed E-state index contributed by atoms with van der Waals surface area (Å²) in [5.74, 6) is 1.10. The molecule has 2 heterocycles. The Balaban J connectivity index is 2.45. The van der Waals surface area contributed by atoms with Crippen molar-refractivity contribution < 1.29 is 0 Å². The summed E-state index contributed by atoms with van der Waals surface area (Å²) >= 11 is 0. The summed E-state index contributed by atoms with van der Waals surface area (Å²) in [6, 6.07) is 0.479. The molecule has 0 unspecified atom stereocenters. The van der Waals surface area contributed by atoms with E-state index >= 15 is 0 Å². The van der Waals surface area contributed by atoms with Gasteiger partial charge in [0, 0.05) is 19.6 Å². The van der Waals surface area contributed by atoms with Crippen LogP contribution in [0.3, 0.4) is 0 Å². The Morgan fingerprint density at radius 2 is 2.33 bits per heavy atom. The van der Waals surface area contributed by atoms with Crippen LogP contribution in [-0.4, -0.2) is 22.4 Å². The van der Waals surface area contributed by atoms with Crippen LogP contribution in [-0.2, 0) is 7.05 Å². The average Bonchev–Trinajstić information content (AvgIpc) is 2.28. The van der Waals surface area contributed by atoms with E-state index in [0.717, 1.165) is 23.7 Å². The lowest BCUT2D eigenvalue weighted by atomic mass is 10.2. The zero-order chi connectivity index (χ0) is 8.72. The number of nitrogens with zero attached hydrogens (tertiary/aromatic N) is 2. The van der Waals surface area contributed by atoms with Crippen molar-refractivity contribution in [3.63, 3.8) is 0 Å². The molecule has 0 fully saturated rings. The molecule has 0 aromatic carbocycles. The molecule has 2 N–H and O–H groups in total. The largest absolute Gasteiger partial charge is 0.378 e. The third-order valence-corrected chi connectivity index (χ3v) is 2.19. The number of aryl methyl sites for hydroxylation is 2. The number of fused-ring (bicyclic) bond motifs is 1. The molecule has 2 rings (SSSR count). The summed E-state index contributed by atoms with van der Waals surface area (Å²) in [6.07, 6.45) is 0. The van der Waals surface area contributed by atoms with Crippen LogP contribution < -0.4 is 10.6 Å². The fraction of sp³-hybridized carbons (Fsp3) is 0.625. The topological polar surface area (TPSA) is 41.9 Å². The monoisotopic (exact) mass is 166 g/mol. The number of anilines is 2. The molecular weight excluding hydrogens is 152 g/mol. The molecular formula is C8H14N4. The molecule has 0 aliphatic carbocycles. The van der Waals surface area contributed by atoms with E-state index in [1.54, 1.807) is 0 Å². The molecule has 1 aromatic heterocycles. The van der Waals surface area contributed by atoms with E-state index < -0.39 is 0 Å². The molecule has 0 saturated heterocycles. The highest BCUT2D eigenvalue weighted by Crippen LogP contribution is 2.28. The highest BCUT2D eigenvalue weighted by atomic mass is 15.3. The van der Waals surface area contributed by atoms with E-state index in [1.165, 1.54) is 0 Å². The minimum absolute atomic E-state index is 0.479. The Kier molecular flexibility index (Phi) is 1.49. The second kappa shape index (κ2) is 2.40. The summed E-state index contributed by atoms with van der Waals surface area (Å²) in [7, 11) is 1.96. The lowest BCUT2D eigenvalue weighted by Gasteiger charge is -2.23. The standard InChI is InChI=1S/C8H14N4/c1-5-4-9-7-6(2)11-12(3)8(7)10-5/h5,9-10H,4H2,1-3H3/t5-/m0/s1. The first-order valence-electron chi connectivity index (χ1n) is 4.22. The smallest absolute Gasteiger partial charge is 0.148 e. The van der Waals surface area contributed by atoms with Gasteiger partial charge in [-0.25, -0.2) is 0 Å². The van der Waals surface area contributed by atoms with E-state index in [9.17, 15) is 0 Å². The molecule has 0 saturated carbocycles. The first kappa shape index (κ1) is 7.46. The molecule has 0 bridgehead atoms. The van der Waals surface area contributed by atoms with E-state index in [2.05, 4.69) is 22.7 Å². The van der Waals surface area contributed by atoms with Crippen molar-refractivity contribution in [2.45, 2.75) is 19.9 Å². The summed E-state index contributed by atoms with van der Waals surface area (Å²) in [5.41, 5.74) is 2.21. The molecule has 1 aromatic rings. The zero-order valence-corrected chi connectivity index (χ0v) is 7.68. The van der Waals surface area contributed by atoms with Gasteiger partial charge in [0.05, 0.1) is 5.69 Å². The van der Waals surface area contributed by atoms with Crippen molar-refractivity contribution in [1.82, 2.24) is 9.78 Å². The molecule has 0 amide bonds. The van der Waals surface area contributed by atoms with Crippen molar-refractivity contribution in [2.75, 3.05) is 17.2 Å². The van der Waals surface area contributed by atoms with Gasteiger partial charge >= 0.3 is 0 Å². The second-order valence-electron chi connectivity index (χ2n) is 3.36. The number of rotatable bonds is 0. The lowest BCUT2D eigenvalue weighted by Crippen LogP contribution is -2.30. The van der Waals surface area contributed by atoms with Gasteiger partial charge in [0.25, 0.3) is 0 Å². The minimum atomic E-state index is 0.479. The normalized spacial score (nSPS) is 21.1. The Hall–Kier alpha value is -1.19. The molecule has 4 heteroatoms. The van der Waals surface area contributed by atoms with E-state index in [-0.39, 0.29) is 0 Å². The maximum atomic E-state index is 4.32. The van der Waals surface area contributed by atoms with Gasteiger partial charge in [-0.2, -0.15) is 5.10 Å². The Bertz CT molecular complexity index is 302. The zero-order valence-electron chi connectivity index (χ0n) is 7.68. The van der Waals surface area contributed by atoms with Crippen LogP contribution in [0.5, 0.6) is 0 Å². The van der Waals surface area contributed by atoms with Crippen molar-refractivity contribution in [3.8, 4) is 0 Å². The summed E-state index contributed by atoms with van der Waals surface area (Å²) < 4.78 is 1.88. The van der Waals surface area contributed by atoms with Gasteiger partial charge in [-0.05, 0) is 13.8 Å². The van der Waals surface area contributed by atoms with Gasteiger partial charge in [-0.3, -0.25) is 4.68 Å². The number of nitrogens with one attached hydrogen (secondary N) is 2. The second-order valence-corrected chi connectivity index (χ2v) is 3.36. The molecule has 1 aliphatic heterocycles. The predicted octanol–water partition coefficient (Wildman–Crippen LogP) is 0.954. The van der Waals surface area contributed by atoms with Crippen LogP contribution in [0, 0.1) is 6.92 Å². The van der Waals surface area contributed by atoms with Crippen molar-refractivity contribution >= 4 is 11.5 Å². The van der Waals surface area contributed by atoms with Gasteiger partial charge in [0.1, 0.15) is 11.5 Å². The summed E-state index contributed by atoms with van der Waals surface area (Å²) in [4.78, 5) is 0. The van der Waals surface area contributed by atoms with Gasteiger partial charge < -0.3 is 10.6 Å². The van der Waals surface area contributed by atoms with Gasteiger partial charge in [0.15, 0.2) is 0 Å². The fourth-order valence-corrected chi connectivity index (χ4v) is 1.57. The number of hydrogen-bond acceptors (Lipinski definition) is 3. The number of aromatic nitrogens is 2. The maximum absolute atomic E-state index is 4.32. The maximum Gasteiger partial charge on any atom is 0.148 e. The van der Waals surface area contributed by atoms with Crippen molar-refractivity contribution in [3.05, 3.63) is 5.69 Å². The molecule has 0 radical (unpaired) electrons. The van der Waals surface area contributed by atoms with E-state index in [4.69, 9.17) is 0 Å². The molecule has 1 aliphatic rings. The van der Waals surface area contributed by atoms with Crippen LogP contribution in [0.15, 0.2) is 0 Å². The van der Waals surface area contributed by atoms with Gasteiger partial charge in [-0.15, -0.1) is 0 Å². The van der Waals surface area contributed by atoms with Crippen LogP contribution in [0.4, 0.5) is 11.5 Å². The molecule has 1 atom stereocenters. The fourth-order valence-electron chi connectivity index (χ4n) is 1.57. The van der Waals surface area contributed by atoms with Crippen molar-refractivity contribution in [1.29, 1.82) is 0 Å². The Morgan fingerprint density at radius 1 is 1.58 bits per heavy atom. The van der Waals surface area contributed by atoms with Crippen LogP contribution >= 0.6 is 0 Å². The number of hydrogen-bond donors (Lipinski definition) is 2. The molecule has 0 spiro atoms. The SMILES string of the molecule is Cc1nn(C)c2c1NC[C@H](C)N2. The molecule has 12 heavy (non-hydrogen) atoms. The first-order valence-corrected chi connectivity index (χ1v) is 4.22. The van der Waals surface area contributed by atoms with Crippen LogP contribution in [0.25, 0.3) is 0 Å². The first-order chi connectivity index (χ1) is 5.68. The Labute approximate surface area is 72.0 Å². The summed E-state index contributed by atoms with van der Waals surface area (Å²) in [6.45, 7) is 5.14. The van der Waals surface area contributed by atoms with Gasteiger partial charge in [-0.1, -0.05) is 0 Å². The minimum Gasteiger partial charge on any atom is -0.378 e. The van der Waals surface area contributed by atoms with E-state index in [0.29, 0.717) is 6.04 Å². The molecule has 66 valence electrons. The summed E-state index contributed by atoms with van der Waals surface area (Å²) in [5, 5.41) is 11.1. The average molecular weight is 166 g/mol. The van der Waals surface area contributed by atoms with Crippen LogP contribution in [0.1, 0.15) is 12.6 Å². The highest BCUT2D eigenvalue weighted by molar-refractivity contribution is 5.70. The Morgan fingerprint density at radius 3 is 3.08 bits per heavy atom.